The number of rotatable bonds is 2. The first kappa shape index (κ1) is 13.4. The largest absolute Gasteiger partial charge is 0.354 e. The molecule has 0 bridgehead atoms. The fourth-order valence-corrected chi connectivity index (χ4v) is 2.70. The van der Waals surface area contributed by atoms with Crippen LogP contribution in [0.3, 0.4) is 0 Å². The molecule has 3 rings (SSSR count). The number of aromatic nitrogens is 4. The highest BCUT2D eigenvalue weighted by molar-refractivity contribution is 5.44. The molecule has 0 saturated carbocycles. The van der Waals surface area contributed by atoms with E-state index in [1.54, 1.807) is 6.07 Å². The molecule has 6 nitrogen and oxygen atoms in total. The van der Waals surface area contributed by atoms with Gasteiger partial charge in [0, 0.05) is 37.0 Å². The molecule has 0 aromatic carbocycles. The van der Waals surface area contributed by atoms with Crippen LogP contribution in [-0.4, -0.2) is 33.3 Å². The van der Waals surface area contributed by atoms with Gasteiger partial charge in [0.05, 0.1) is 11.8 Å². The molecule has 2 aromatic heterocycles. The van der Waals surface area contributed by atoms with Crippen LogP contribution in [0, 0.1) is 18.3 Å². The predicted molar refractivity (Wildman–Crippen MR) is 77.7 cm³/mol. The number of anilines is 1. The van der Waals surface area contributed by atoms with Crippen LogP contribution < -0.4 is 4.90 Å². The van der Waals surface area contributed by atoms with Gasteiger partial charge in [0.25, 0.3) is 0 Å². The molecule has 1 saturated heterocycles. The molecule has 106 valence electrons. The van der Waals surface area contributed by atoms with E-state index < -0.39 is 0 Å². The first-order valence-electron chi connectivity index (χ1n) is 7.03. The lowest BCUT2D eigenvalue weighted by atomic mass is 9.94. The fraction of sp³-hybridized carbons (Fsp3) is 0.400. The summed E-state index contributed by atoms with van der Waals surface area (Å²) < 4.78 is 0. The van der Waals surface area contributed by atoms with Crippen LogP contribution >= 0.6 is 0 Å². The van der Waals surface area contributed by atoms with Crippen LogP contribution in [0.2, 0.25) is 0 Å². The highest BCUT2D eigenvalue weighted by atomic mass is 15.3. The van der Waals surface area contributed by atoms with Gasteiger partial charge >= 0.3 is 0 Å². The minimum absolute atomic E-state index is 0.369. The molecule has 0 aliphatic carbocycles. The number of piperidine rings is 1. The molecule has 1 aliphatic heterocycles. The summed E-state index contributed by atoms with van der Waals surface area (Å²) in [5, 5.41) is 17.0. The first-order valence-corrected chi connectivity index (χ1v) is 7.03. The molecule has 3 heterocycles. The van der Waals surface area contributed by atoms with Crippen molar-refractivity contribution in [3.05, 3.63) is 41.6 Å². The Hall–Kier alpha value is -2.55. The van der Waals surface area contributed by atoms with Crippen LogP contribution in [-0.2, 0) is 0 Å². The van der Waals surface area contributed by atoms with E-state index in [2.05, 4.69) is 31.1 Å². The molecule has 1 atom stereocenters. The quantitative estimate of drug-likeness (QED) is 0.835. The number of nitriles is 1. The Morgan fingerprint density at radius 3 is 3.14 bits per heavy atom. The van der Waals surface area contributed by atoms with Gasteiger partial charge in [-0.05, 0) is 25.8 Å². The SMILES string of the molecule is Cc1nccc(C2CCCN(c3cc(C#N)cnn3)C2)n1. The number of nitrogens with zero attached hydrogens (tertiary/aromatic N) is 6. The normalized spacial score (nSPS) is 18.3. The lowest BCUT2D eigenvalue weighted by molar-refractivity contribution is 0.496. The molecular weight excluding hydrogens is 264 g/mol. The summed E-state index contributed by atoms with van der Waals surface area (Å²) in [4.78, 5) is 10.9. The molecule has 0 spiro atoms. The molecule has 21 heavy (non-hydrogen) atoms. The highest BCUT2D eigenvalue weighted by Crippen LogP contribution is 2.28. The molecule has 0 N–H and O–H groups in total. The van der Waals surface area contributed by atoms with Crippen molar-refractivity contribution in [2.75, 3.05) is 18.0 Å². The number of aryl methyl sites for hydroxylation is 1. The van der Waals surface area contributed by atoms with Gasteiger partial charge in [0.1, 0.15) is 11.9 Å². The van der Waals surface area contributed by atoms with Crippen molar-refractivity contribution in [1.82, 2.24) is 20.2 Å². The van der Waals surface area contributed by atoms with Crippen molar-refractivity contribution < 1.29 is 0 Å². The minimum Gasteiger partial charge on any atom is -0.354 e. The Bertz CT molecular complexity index is 678. The summed E-state index contributed by atoms with van der Waals surface area (Å²) in [6, 6.07) is 5.88. The second kappa shape index (κ2) is 5.83. The highest BCUT2D eigenvalue weighted by Gasteiger charge is 2.23. The zero-order valence-electron chi connectivity index (χ0n) is 11.9. The Balaban J connectivity index is 1.81. The van der Waals surface area contributed by atoms with Crippen LogP contribution in [0.1, 0.15) is 35.8 Å². The molecule has 0 radical (unpaired) electrons. The van der Waals surface area contributed by atoms with E-state index in [0.29, 0.717) is 11.5 Å². The lowest BCUT2D eigenvalue weighted by Crippen LogP contribution is -2.35. The van der Waals surface area contributed by atoms with Crippen molar-refractivity contribution in [2.45, 2.75) is 25.7 Å². The minimum atomic E-state index is 0.369. The fourth-order valence-electron chi connectivity index (χ4n) is 2.70. The third-order valence-corrected chi connectivity index (χ3v) is 3.73. The Labute approximate surface area is 123 Å². The summed E-state index contributed by atoms with van der Waals surface area (Å²) in [6.45, 7) is 3.69. The van der Waals surface area contributed by atoms with Crippen molar-refractivity contribution in [1.29, 1.82) is 5.26 Å². The van der Waals surface area contributed by atoms with Gasteiger partial charge in [-0.25, -0.2) is 9.97 Å². The average Bonchev–Trinajstić information content (AvgIpc) is 2.55. The maximum absolute atomic E-state index is 8.97. The zero-order valence-corrected chi connectivity index (χ0v) is 11.9. The van der Waals surface area contributed by atoms with Gasteiger partial charge in [-0.3, -0.25) is 0 Å². The Kier molecular flexibility index (Phi) is 3.73. The van der Waals surface area contributed by atoms with E-state index >= 15 is 0 Å². The standard InChI is InChI=1S/C15H16N6/c1-11-17-5-4-14(19-11)13-3-2-6-21(10-13)15-7-12(8-16)9-18-20-15/h4-5,7,9,13H,2-3,6,10H2,1H3. The maximum Gasteiger partial charge on any atom is 0.152 e. The van der Waals surface area contributed by atoms with Gasteiger partial charge < -0.3 is 4.90 Å². The van der Waals surface area contributed by atoms with Gasteiger partial charge in [-0.15, -0.1) is 5.10 Å². The lowest BCUT2D eigenvalue weighted by Gasteiger charge is -2.33. The second-order valence-corrected chi connectivity index (χ2v) is 5.23. The summed E-state index contributed by atoms with van der Waals surface area (Å²) in [5.41, 5.74) is 1.62. The maximum atomic E-state index is 8.97. The molecule has 1 fully saturated rings. The molecule has 0 amide bonds. The molecule has 6 heteroatoms. The van der Waals surface area contributed by atoms with Crippen molar-refractivity contribution in [3.8, 4) is 6.07 Å². The van der Waals surface area contributed by atoms with Crippen molar-refractivity contribution in [3.63, 3.8) is 0 Å². The third kappa shape index (κ3) is 2.97. The molecule has 1 unspecified atom stereocenters. The second-order valence-electron chi connectivity index (χ2n) is 5.23. The van der Waals surface area contributed by atoms with Gasteiger partial charge in [-0.1, -0.05) is 0 Å². The van der Waals surface area contributed by atoms with Crippen LogP contribution in [0.4, 0.5) is 5.82 Å². The van der Waals surface area contributed by atoms with E-state index in [9.17, 15) is 0 Å². The van der Waals surface area contributed by atoms with E-state index in [4.69, 9.17) is 5.26 Å². The summed E-state index contributed by atoms with van der Waals surface area (Å²) in [5.74, 6) is 1.94. The van der Waals surface area contributed by atoms with E-state index in [-0.39, 0.29) is 0 Å². The van der Waals surface area contributed by atoms with Crippen LogP contribution in [0.25, 0.3) is 0 Å². The number of hydrogen-bond donors (Lipinski definition) is 0. The van der Waals surface area contributed by atoms with E-state index in [0.717, 1.165) is 43.3 Å². The van der Waals surface area contributed by atoms with Crippen LogP contribution in [0.5, 0.6) is 0 Å². The van der Waals surface area contributed by atoms with Crippen molar-refractivity contribution in [2.24, 2.45) is 0 Å². The van der Waals surface area contributed by atoms with Crippen LogP contribution in [0.15, 0.2) is 24.5 Å². The van der Waals surface area contributed by atoms with E-state index in [1.807, 2.05) is 19.2 Å². The monoisotopic (exact) mass is 280 g/mol. The third-order valence-electron chi connectivity index (χ3n) is 3.73. The first-order chi connectivity index (χ1) is 10.3. The molecule has 1 aliphatic rings. The Morgan fingerprint density at radius 2 is 2.33 bits per heavy atom. The number of hydrogen-bond acceptors (Lipinski definition) is 6. The predicted octanol–water partition coefficient (Wildman–Crippen LogP) is 1.83. The zero-order chi connectivity index (χ0) is 14.7. The summed E-state index contributed by atoms with van der Waals surface area (Å²) in [7, 11) is 0. The van der Waals surface area contributed by atoms with Crippen molar-refractivity contribution >= 4 is 5.82 Å². The molecular formula is C15H16N6. The van der Waals surface area contributed by atoms with E-state index in [1.165, 1.54) is 6.20 Å². The summed E-state index contributed by atoms with van der Waals surface area (Å²) in [6.07, 6.45) is 5.48. The Morgan fingerprint density at radius 1 is 1.43 bits per heavy atom. The smallest absolute Gasteiger partial charge is 0.152 e. The average molecular weight is 280 g/mol. The van der Waals surface area contributed by atoms with Gasteiger partial charge in [0.2, 0.25) is 0 Å². The van der Waals surface area contributed by atoms with Gasteiger partial charge in [0.15, 0.2) is 5.82 Å². The molecule has 2 aromatic rings. The van der Waals surface area contributed by atoms with Gasteiger partial charge in [-0.2, -0.15) is 10.4 Å². The topological polar surface area (TPSA) is 78.6 Å². The summed E-state index contributed by atoms with van der Waals surface area (Å²) >= 11 is 0.